The fourth-order valence-electron chi connectivity index (χ4n) is 3.92. The number of carbonyl (C=O) groups excluding carboxylic acids is 2. The van der Waals surface area contributed by atoms with Crippen molar-refractivity contribution in [3.63, 3.8) is 0 Å². The van der Waals surface area contributed by atoms with E-state index in [1.54, 1.807) is 17.0 Å². The van der Waals surface area contributed by atoms with E-state index in [0.29, 0.717) is 4.88 Å². The molecule has 0 spiro atoms. The van der Waals surface area contributed by atoms with Gasteiger partial charge in [0.2, 0.25) is 5.78 Å². The smallest absolute Gasteiger partial charge is 0.290 e. The van der Waals surface area contributed by atoms with E-state index in [1.807, 2.05) is 35.7 Å². The first-order valence-corrected chi connectivity index (χ1v) is 9.45. The Morgan fingerprint density at radius 1 is 1.08 bits per heavy atom. The molecule has 2 aromatic rings. The van der Waals surface area contributed by atoms with Crippen molar-refractivity contribution in [2.24, 2.45) is 0 Å². The van der Waals surface area contributed by atoms with E-state index in [4.69, 9.17) is 0 Å². The lowest BCUT2D eigenvalue weighted by Gasteiger charge is -2.32. The zero-order valence-corrected chi connectivity index (χ0v) is 14.5. The SMILES string of the molecule is O=C(C1=C(O)C(=O)N(C2CCCC2)C1c1ccccc1)c1cccs1. The number of carbonyl (C=O) groups is 2. The molecule has 5 heteroatoms. The third kappa shape index (κ3) is 2.68. The van der Waals surface area contributed by atoms with Crippen molar-refractivity contribution in [1.29, 1.82) is 0 Å². The molecule has 1 atom stereocenters. The van der Waals surface area contributed by atoms with Gasteiger partial charge < -0.3 is 10.0 Å². The molecule has 1 aliphatic carbocycles. The summed E-state index contributed by atoms with van der Waals surface area (Å²) in [6.45, 7) is 0. The number of thiophene rings is 1. The lowest BCUT2D eigenvalue weighted by Crippen LogP contribution is -2.38. The Morgan fingerprint density at radius 2 is 1.80 bits per heavy atom. The fourth-order valence-corrected chi connectivity index (χ4v) is 4.60. The molecule has 25 heavy (non-hydrogen) atoms. The van der Waals surface area contributed by atoms with Crippen LogP contribution in [0, 0.1) is 0 Å². The maximum atomic E-state index is 13.0. The summed E-state index contributed by atoms with van der Waals surface area (Å²) in [5, 5.41) is 12.4. The second-order valence-electron chi connectivity index (χ2n) is 6.53. The van der Waals surface area contributed by atoms with Gasteiger partial charge in [0.25, 0.3) is 5.91 Å². The molecule has 0 saturated heterocycles. The Bertz CT molecular complexity index is 820. The highest BCUT2D eigenvalue weighted by Crippen LogP contribution is 2.43. The monoisotopic (exact) mass is 353 g/mol. The molecule has 1 aliphatic heterocycles. The van der Waals surface area contributed by atoms with Crippen molar-refractivity contribution >= 4 is 23.0 Å². The number of hydrogen-bond donors (Lipinski definition) is 1. The molecule has 1 fully saturated rings. The molecular weight excluding hydrogens is 334 g/mol. The van der Waals surface area contributed by atoms with Gasteiger partial charge in [-0.1, -0.05) is 49.2 Å². The normalized spacial score (nSPS) is 21.4. The number of aliphatic hydroxyl groups excluding tert-OH is 1. The highest BCUT2D eigenvalue weighted by atomic mass is 32.1. The van der Waals surface area contributed by atoms with Crippen LogP contribution in [0.5, 0.6) is 0 Å². The van der Waals surface area contributed by atoms with Gasteiger partial charge in [-0.05, 0) is 29.9 Å². The van der Waals surface area contributed by atoms with E-state index >= 15 is 0 Å². The fraction of sp³-hybridized carbons (Fsp3) is 0.300. The van der Waals surface area contributed by atoms with Gasteiger partial charge in [-0.2, -0.15) is 0 Å². The molecule has 1 amide bonds. The molecule has 1 aromatic heterocycles. The summed E-state index contributed by atoms with van der Waals surface area (Å²) in [5.41, 5.74) is 1.08. The Balaban J connectivity index is 1.82. The van der Waals surface area contributed by atoms with Gasteiger partial charge >= 0.3 is 0 Å². The largest absolute Gasteiger partial charge is 0.503 e. The Kier molecular flexibility index (Phi) is 4.17. The van der Waals surface area contributed by atoms with E-state index in [-0.39, 0.29) is 23.2 Å². The second kappa shape index (κ2) is 6.48. The van der Waals surface area contributed by atoms with Crippen LogP contribution in [0.4, 0.5) is 0 Å². The molecule has 0 bridgehead atoms. The van der Waals surface area contributed by atoms with Crippen LogP contribution in [0.15, 0.2) is 59.2 Å². The maximum absolute atomic E-state index is 13.0. The van der Waals surface area contributed by atoms with Crippen LogP contribution in [0.2, 0.25) is 0 Å². The van der Waals surface area contributed by atoms with Gasteiger partial charge in [-0.15, -0.1) is 11.3 Å². The summed E-state index contributed by atoms with van der Waals surface area (Å²) < 4.78 is 0. The quantitative estimate of drug-likeness (QED) is 0.835. The number of amides is 1. The van der Waals surface area contributed by atoms with E-state index < -0.39 is 11.9 Å². The number of aliphatic hydroxyl groups is 1. The van der Waals surface area contributed by atoms with Gasteiger partial charge in [0.05, 0.1) is 16.5 Å². The number of hydrogen-bond acceptors (Lipinski definition) is 4. The molecule has 2 aliphatic rings. The lowest BCUT2D eigenvalue weighted by molar-refractivity contribution is -0.131. The molecule has 4 rings (SSSR count). The highest BCUT2D eigenvalue weighted by molar-refractivity contribution is 7.12. The van der Waals surface area contributed by atoms with Crippen molar-refractivity contribution in [2.45, 2.75) is 37.8 Å². The number of ketones is 1. The number of rotatable bonds is 4. The molecular formula is C20H19NO3S. The van der Waals surface area contributed by atoms with Crippen molar-refractivity contribution in [3.8, 4) is 0 Å². The van der Waals surface area contributed by atoms with E-state index in [2.05, 4.69) is 0 Å². The minimum Gasteiger partial charge on any atom is -0.503 e. The average molecular weight is 353 g/mol. The van der Waals surface area contributed by atoms with Crippen molar-refractivity contribution in [1.82, 2.24) is 4.90 Å². The van der Waals surface area contributed by atoms with Crippen LogP contribution < -0.4 is 0 Å². The van der Waals surface area contributed by atoms with E-state index in [9.17, 15) is 14.7 Å². The zero-order valence-electron chi connectivity index (χ0n) is 13.7. The predicted molar refractivity (Wildman–Crippen MR) is 96.6 cm³/mol. The van der Waals surface area contributed by atoms with Crippen LogP contribution in [-0.4, -0.2) is 27.7 Å². The summed E-state index contributed by atoms with van der Waals surface area (Å²) in [6.07, 6.45) is 3.99. The minimum absolute atomic E-state index is 0.0773. The van der Waals surface area contributed by atoms with Gasteiger partial charge in [0.15, 0.2) is 5.76 Å². The number of nitrogens with zero attached hydrogens (tertiary/aromatic N) is 1. The van der Waals surface area contributed by atoms with Gasteiger partial charge in [0, 0.05) is 6.04 Å². The summed E-state index contributed by atoms with van der Waals surface area (Å²) in [4.78, 5) is 28.1. The van der Waals surface area contributed by atoms with Crippen molar-refractivity contribution < 1.29 is 14.7 Å². The maximum Gasteiger partial charge on any atom is 0.290 e. The topological polar surface area (TPSA) is 57.6 Å². The van der Waals surface area contributed by atoms with Gasteiger partial charge in [-0.3, -0.25) is 9.59 Å². The predicted octanol–water partition coefficient (Wildman–Crippen LogP) is 4.27. The van der Waals surface area contributed by atoms with Crippen molar-refractivity contribution in [3.05, 3.63) is 69.6 Å². The summed E-state index contributed by atoms with van der Waals surface area (Å²) in [6, 6.07) is 12.6. The van der Waals surface area contributed by atoms with Crippen LogP contribution >= 0.6 is 11.3 Å². The zero-order chi connectivity index (χ0) is 17.4. The first-order valence-electron chi connectivity index (χ1n) is 8.57. The molecule has 1 unspecified atom stereocenters. The van der Waals surface area contributed by atoms with Crippen LogP contribution in [-0.2, 0) is 4.79 Å². The minimum atomic E-state index is -0.508. The highest BCUT2D eigenvalue weighted by Gasteiger charge is 2.47. The Labute approximate surface area is 150 Å². The third-order valence-corrected chi connectivity index (χ3v) is 5.94. The van der Waals surface area contributed by atoms with Crippen LogP contribution in [0.3, 0.4) is 0 Å². The second-order valence-corrected chi connectivity index (χ2v) is 7.48. The standard InChI is InChI=1S/C20H19NO3S/c22-18(15-11-6-12-25-15)16-17(13-7-2-1-3-8-13)21(20(24)19(16)23)14-9-4-5-10-14/h1-3,6-8,11-12,14,17,23H,4-5,9-10H2. The van der Waals surface area contributed by atoms with E-state index in [0.717, 1.165) is 31.2 Å². The lowest BCUT2D eigenvalue weighted by atomic mass is 9.94. The van der Waals surface area contributed by atoms with Gasteiger partial charge in [0.1, 0.15) is 0 Å². The molecule has 1 saturated carbocycles. The number of Topliss-reactive ketones (excluding diaryl/α,β-unsaturated/α-hetero) is 1. The van der Waals surface area contributed by atoms with E-state index in [1.165, 1.54) is 11.3 Å². The van der Waals surface area contributed by atoms with Crippen LogP contribution in [0.25, 0.3) is 0 Å². The number of benzene rings is 1. The summed E-state index contributed by atoms with van der Waals surface area (Å²) in [5.74, 6) is -1.06. The summed E-state index contributed by atoms with van der Waals surface area (Å²) >= 11 is 1.33. The summed E-state index contributed by atoms with van der Waals surface area (Å²) in [7, 11) is 0. The molecule has 1 N–H and O–H groups in total. The average Bonchev–Trinajstić information content (AvgIpc) is 3.37. The first-order chi connectivity index (χ1) is 12.2. The molecule has 2 heterocycles. The first kappa shape index (κ1) is 16.1. The molecule has 1 aromatic carbocycles. The molecule has 4 nitrogen and oxygen atoms in total. The third-order valence-electron chi connectivity index (χ3n) is 5.07. The van der Waals surface area contributed by atoms with Crippen LogP contribution in [0.1, 0.15) is 47.0 Å². The Morgan fingerprint density at radius 3 is 2.44 bits per heavy atom. The Hall–Kier alpha value is -2.40. The van der Waals surface area contributed by atoms with Gasteiger partial charge in [-0.25, -0.2) is 0 Å². The van der Waals surface area contributed by atoms with Crippen molar-refractivity contribution in [2.75, 3.05) is 0 Å². The molecule has 128 valence electrons. The molecule has 0 radical (unpaired) electrons.